The summed E-state index contributed by atoms with van der Waals surface area (Å²) in [5.74, 6) is 0.0600. The molecule has 0 unspecified atom stereocenters. The van der Waals surface area contributed by atoms with Crippen molar-refractivity contribution in [2.24, 2.45) is 0 Å². The molecule has 0 spiro atoms. The molecule has 0 atom stereocenters. The predicted molar refractivity (Wildman–Crippen MR) is 186 cm³/mol. The molecule has 5 heteroatoms. The second kappa shape index (κ2) is 15.6. The Balaban J connectivity index is 0.000000199. The summed E-state index contributed by atoms with van der Waals surface area (Å²) in [6.07, 6.45) is 17.9. The molecule has 0 heterocycles. The molecule has 1 nitrogen and oxygen atoms in total. The number of fused-ring (bicyclic) bond motifs is 3. The Hall–Kier alpha value is -1.53. The zero-order valence-electron chi connectivity index (χ0n) is 22.8. The summed E-state index contributed by atoms with van der Waals surface area (Å²) in [5, 5.41) is 0. The Morgan fingerprint density at radius 1 is 0.600 bits per heavy atom. The number of benzene rings is 3. The molecule has 3 aromatic rings. The van der Waals surface area contributed by atoms with E-state index in [1.165, 1.54) is 79.0 Å². The minimum atomic E-state index is 0.0600. The number of halogens is 4. The van der Waals surface area contributed by atoms with Crippen molar-refractivity contribution in [3.8, 4) is 11.1 Å². The van der Waals surface area contributed by atoms with Gasteiger partial charge in [-0.15, -0.1) is 0 Å². The van der Waals surface area contributed by atoms with E-state index in [9.17, 15) is 4.79 Å². The summed E-state index contributed by atoms with van der Waals surface area (Å²) in [6.45, 7) is 2.28. The molecule has 0 fully saturated rings. The molecule has 0 amide bonds. The lowest BCUT2D eigenvalue weighted by molar-refractivity contribution is -0.111. The lowest BCUT2D eigenvalue weighted by Gasteiger charge is -2.11. The Kier molecular flexibility index (Phi) is 12.3. The summed E-state index contributed by atoms with van der Waals surface area (Å²) < 4.78 is 3.96. The predicted octanol–water partition coefficient (Wildman–Crippen LogP) is 12.7. The van der Waals surface area contributed by atoms with E-state index >= 15 is 0 Å². The zero-order valence-corrected chi connectivity index (χ0v) is 29.1. The van der Waals surface area contributed by atoms with E-state index in [-0.39, 0.29) is 5.78 Å². The molecule has 0 saturated heterocycles. The highest BCUT2D eigenvalue weighted by Crippen LogP contribution is 2.41. The molecule has 3 aromatic carbocycles. The first-order valence-corrected chi connectivity index (χ1v) is 17.2. The van der Waals surface area contributed by atoms with Crippen molar-refractivity contribution in [1.82, 2.24) is 0 Å². The smallest absolute Gasteiger partial charge is 0.200 e. The summed E-state index contributed by atoms with van der Waals surface area (Å²) >= 11 is 13.9. The maximum absolute atomic E-state index is 11.9. The average molecular weight is 790 g/mol. The summed E-state index contributed by atoms with van der Waals surface area (Å²) in [5.41, 5.74) is 8.16. The molecule has 208 valence electrons. The van der Waals surface area contributed by atoms with Gasteiger partial charge in [-0.25, -0.2) is 0 Å². The minimum Gasteiger partial charge on any atom is -0.288 e. The Morgan fingerprint density at radius 2 is 1.20 bits per heavy atom. The highest BCUT2D eigenvalue weighted by Gasteiger charge is 2.27. The summed E-state index contributed by atoms with van der Waals surface area (Å²) in [4.78, 5) is 11.9. The highest BCUT2D eigenvalue weighted by molar-refractivity contribution is 9.12. The number of carbonyl (C=O) groups excluding carboxylic acids is 1. The molecule has 0 N–H and O–H groups in total. The van der Waals surface area contributed by atoms with Gasteiger partial charge in [0.15, 0.2) is 0 Å². The van der Waals surface area contributed by atoms with E-state index < -0.39 is 0 Å². The van der Waals surface area contributed by atoms with E-state index in [4.69, 9.17) is 0 Å². The Morgan fingerprint density at radius 3 is 1.90 bits per heavy atom. The molecular weight excluding hydrogens is 756 g/mol. The first-order chi connectivity index (χ1) is 19.4. The topological polar surface area (TPSA) is 17.1 Å². The molecule has 0 bridgehead atoms. The molecular formula is C35H34Br4O. The number of hydrogen-bond donors (Lipinski definition) is 0. The number of ketones is 1. The third-order valence-corrected chi connectivity index (χ3v) is 9.41. The fraction of sp³-hybridized carbons (Fsp3) is 0.286. The molecule has 40 heavy (non-hydrogen) atoms. The van der Waals surface area contributed by atoms with Gasteiger partial charge < -0.3 is 0 Å². The number of hydrogen-bond acceptors (Lipinski definition) is 1. The van der Waals surface area contributed by atoms with Crippen LogP contribution in [0.25, 0.3) is 22.8 Å². The van der Waals surface area contributed by atoms with Crippen molar-refractivity contribution in [2.45, 2.75) is 64.7 Å². The van der Waals surface area contributed by atoms with E-state index in [1.807, 2.05) is 36.4 Å². The van der Waals surface area contributed by atoms with Crippen molar-refractivity contribution in [1.29, 1.82) is 0 Å². The number of aryl methyl sites for hydroxylation is 1. The molecule has 5 rings (SSSR count). The molecule has 2 aliphatic rings. The number of unbranched alkanes of at least 4 members (excludes halogenated alkanes) is 7. The van der Waals surface area contributed by atoms with Gasteiger partial charge >= 0.3 is 0 Å². The van der Waals surface area contributed by atoms with Gasteiger partial charge in [-0.3, -0.25) is 4.79 Å². The fourth-order valence-electron chi connectivity index (χ4n) is 5.13. The maximum Gasteiger partial charge on any atom is 0.200 e. The lowest BCUT2D eigenvalue weighted by atomic mass is 9.95. The van der Waals surface area contributed by atoms with Crippen LogP contribution >= 0.6 is 63.7 Å². The van der Waals surface area contributed by atoms with Gasteiger partial charge in [-0.05, 0) is 111 Å². The van der Waals surface area contributed by atoms with Crippen LogP contribution in [0, 0.1) is 0 Å². The van der Waals surface area contributed by atoms with Crippen molar-refractivity contribution in [2.75, 3.05) is 0 Å². The lowest BCUT2D eigenvalue weighted by Crippen LogP contribution is -2.04. The molecule has 0 saturated carbocycles. The third kappa shape index (κ3) is 8.50. The van der Waals surface area contributed by atoms with Gasteiger partial charge in [-0.1, -0.05) is 130 Å². The van der Waals surface area contributed by atoms with Crippen LogP contribution in [0.4, 0.5) is 0 Å². The Bertz CT molecular complexity index is 1430. The number of Topliss-reactive ketones (excluding diaryl/α,β-unsaturated/α-hetero) is 1. The van der Waals surface area contributed by atoms with Gasteiger partial charge in [0.25, 0.3) is 0 Å². The van der Waals surface area contributed by atoms with Crippen LogP contribution in [-0.2, 0) is 11.2 Å². The van der Waals surface area contributed by atoms with Gasteiger partial charge in [0, 0.05) is 19.0 Å². The second-order valence-electron chi connectivity index (χ2n) is 10.2. The summed E-state index contributed by atoms with van der Waals surface area (Å²) in [7, 11) is 0. The SMILES string of the molecule is CCCCCCCCCCc1cc(Br)ccc1-c1ccc(Br)cc1.O=C1C(Br)=CC=C2C1=Cc1cc(Br)ccc12. The van der Waals surface area contributed by atoms with E-state index in [0.29, 0.717) is 4.48 Å². The molecule has 0 aliphatic heterocycles. The number of carbonyl (C=O) groups is 1. The van der Waals surface area contributed by atoms with E-state index in [0.717, 1.165) is 31.2 Å². The molecule has 2 aliphatic carbocycles. The van der Waals surface area contributed by atoms with Gasteiger partial charge in [0.2, 0.25) is 5.78 Å². The van der Waals surface area contributed by atoms with Crippen molar-refractivity contribution < 1.29 is 4.79 Å². The quantitative estimate of drug-likeness (QED) is 0.187. The highest BCUT2D eigenvalue weighted by atomic mass is 79.9. The average Bonchev–Trinajstić information content (AvgIpc) is 3.31. The zero-order chi connectivity index (χ0) is 28.5. The largest absolute Gasteiger partial charge is 0.288 e. The number of rotatable bonds is 10. The van der Waals surface area contributed by atoms with Crippen LogP contribution < -0.4 is 0 Å². The van der Waals surface area contributed by atoms with Crippen LogP contribution in [-0.4, -0.2) is 5.78 Å². The van der Waals surface area contributed by atoms with Crippen LogP contribution in [0.1, 0.15) is 75.0 Å². The molecule has 0 radical (unpaired) electrons. The second-order valence-corrected chi connectivity index (χ2v) is 13.8. The van der Waals surface area contributed by atoms with Gasteiger partial charge in [0.05, 0.1) is 4.48 Å². The monoisotopic (exact) mass is 786 g/mol. The van der Waals surface area contributed by atoms with E-state index in [1.54, 1.807) is 0 Å². The van der Waals surface area contributed by atoms with Crippen LogP contribution in [0.5, 0.6) is 0 Å². The van der Waals surface area contributed by atoms with Gasteiger partial charge in [0.1, 0.15) is 0 Å². The normalized spacial score (nSPS) is 13.5. The van der Waals surface area contributed by atoms with Gasteiger partial charge in [-0.2, -0.15) is 0 Å². The minimum absolute atomic E-state index is 0.0600. The maximum atomic E-state index is 11.9. The molecule has 0 aromatic heterocycles. The van der Waals surface area contributed by atoms with Crippen molar-refractivity contribution in [3.05, 3.63) is 113 Å². The van der Waals surface area contributed by atoms with Crippen molar-refractivity contribution in [3.63, 3.8) is 0 Å². The summed E-state index contributed by atoms with van der Waals surface area (Å²) in [6, 6.07) is 21.4. The number of allylic oxidation sites excluding steroid dienone is 5. The third-order valence-electron chi connectivity index (χ3n) is 7.27. The van der Waals surface area contributed by atoms with Crippen LogP contribution in [0.15, 0.2) is 96.3 Å². The van der Waals surface area contributed by atoms with Crippen LogP contribution in [0.2, 0.25) is 0 Å². The van der Waals surface area contributed by atoms with Crippen molar-refractivity contribution >= 4 is 81.2 Å². The van der Waals surface area contributed by atoms with Crippen LogP contribution in [0.3, 0.4) is 0 Å². The standard InChI is InChI=1S/C22H28Br2.C13H6Br2O/c1-2-3-4-5-6-7-8-9-10-19-17-21(24)15-16-22(19)18-11-13-20(23)14-12-18;14-8-1-2-9-7(5-8)6-11-10(9)3-4-12(15)13(11)16/h11-17H,2-10H2,1H3;1-6H. The first-order valence-electron chi connectivity index (χ1n) is 14.1. The fourth-order valence-corrected chi connectivity index (χ4v) is 6.53. The first kappa shape index (κ1) is 31.4. The Labute approximate surface area is 272 Å². The van der Waals surface area contributed by atoms with E-state index in [2.05, 4.69) is 113 Å².